The van der Waals surface area contributed by atoms with Gasteiger partial charge in [0.1, 0.15) is 0 Å². The van der Waals surface area contributed by atoms with Crippen LogP contribution in [0.4, 0.5) is 0 Å². The molecule has 4 nitrogen and oxygen atoms in total. The maximum absolute atomic E-state index is 11.7. The van der Waals surface area contributed by atoms with Gasteiger partial charge in [-0.3, -0.25) is 4.79 Å². The third-order valence-corrected chi connectivity index (χ3v) is 3.29. The predicted molar refractivity (Wildman–Crippen MR) is 80.7 cm³/mol. The van der Waals surface area contributed by atoms with Crippen molar-refractivity contribution < 1.29 is 9.53 Å². The molecule has 2 rings (SSSR count). The minimum atomic E-state index is 0.103. The first-order valence-electron chi connectivity index (χ1n) is 7.20. The molecule has 0 radical (unpaired) electrons. The number of hydrogen-bond acceptors (Lipinski definition) is 2. The topological polar surface area (TPSA) is 54.1 Å². The number of benzene rings is 1. The Labute approximate surface area is 119 Å². The number of aryl methyl sites for hydroxylation is 1. The van der Waals surface area contributed by atoms with Crippen LogP contribution < -0.4 is 5.32 Å². The number of amides is 1. The standard InChI is InChI=1S/C16H22N2O2/c1-2-20-11-5-10-17-16(19)9-8-13-12-18-15-7-4-3-6-14(13)15/h3-4,6-7,12,18H,2,5,8-11H2,1H3,(H,17,19). The van der Waals surface area contributed by atoms with Crippen molar-refractivity contribution >= 4 is 16.8 Å². The predicted octanol–water partition coefficient (Wildman–Crippen LogP) is 2.64. The van der Waals surface area contributed by atoms with Gasteiger partial charge in [-0.1, -0.05) is 18.2 Å². The molecule has 2 N–H and O–H groups in total. The Hall–Kier alpha value is -1.81. The molecule has 20 heavy (non-hydrogen) atoms. The van der Waals surface area contributed by atoms with Crippen LogP contribution in [0.5, 0.6) is 0 Å². The third-order valence-electron chi connectivity index (χ3n) is 3.29. The minimum absolute atomic E-state index is 0.103. The van der Waals surface area contributed by atoms with E-state index in [0.717, 1.165) is 25.0 Å². The molecule has 1 aromatic heterocycles. The lowest BCUT2D eigenvalue weighted by atomic mass is 10.1. The number of rotatable bonds is 8. The zero-order valence-corrected chi connectivity index (χ0v) is 11.9. The molecule has 1 amide bonds. The Balaban J connectivity index is 1.73. The highest BCUT2D eigenvalue weighted by Crippen LogP contribution is 2.18. The van der Waals surface area contributed by atoms with Gasteiger partial charge in [0, 0.05) is 43.3 Å². The molecule has 0 bridgehead atoms. The van der Waals surface area contributed by atoms with E-state index in [1.54, 1.807) is 0 Å². The highest BCUT2D eigenvalue weighted by atomic mass is 16.5. The van der Waals surface area contributed by atoms with Gasteiger partial charge in [0.15, 0.2) is 0 Å². The Kier molecular flexibility index (Phi) is 5.62. The largest absolute Gasteiger partial charge is 0.382 e. The van der Waals surface area contributed by atoms with Crippen LogP contribution in [0.2, 0.25) is 0 Å². The molecule has 0 saturated heterocycles. The van der Waals surface area contributed by atoms with Gasteiger partial charge in [-0.2, -0.15) is 0 Å². The van der Waals surface area contributed by atoms with Crippen molar-refractivity contribution in [2.75, 3.05) is 19.8 Å². The van der Waals surface area contributed by atoms with Crippen molar-refractivity contribution in [3.8, 4) is 0 Å². The number of ether oxygens (including phenoxy) is 1. The van der Waals surface area contributed by atoms with E-state index < -0.39 is 0 Å². The molecule has 0 atom stereocenters. The molecule has 0 aliphatic rings. The summed E-state index contributed by atoms with van der Waals surface area (Å²) in [6.07, 6.45) is 4.15. The second kappa shape index (κ2) is 7.70. The van der Waals surface area contributed by atoms with Crippen molar-refractivity contribution in [2.24, 2.45) is 0 Å². The number of nitrogens with one attached hydrogen (secondary N) is 2. The van der Waals surface area contributed by atoms with Gasteiger partial charge in [0.2, 0.25) is 5.91 Å². The normalized spacial score (nSPS) is 10.8. The van der Waals surface area contributed by atoms with E-state index in [1.165, 1.54) is 10.9 Å². The van der Waals surface area contributed by atoms with Gasteiger partial charge in [-0.05, 0) is 31.4 Å². The van der Waals surface area contributed by atoms with Gasteiger partial charge < -0.3 is 15.0 Å². The minimum Gasteiger partial charge on any atom is -0.382 e. The summed E-state index contributed by atoms with van der Waals surface area (Å²) in [5, 5.41) is 4.13. The van der Waals surface area contributed by atoms with Gasteiger partial charge in [-0.15, -0.1) is 0 Å². The lowest BCUT2D eigenvalue weighted by molar-refractivity contribution is -0.121. The number of H-pyrrole nitrogens is 1. The maximum Gasteiger partial charge on any atom is 0.220 e. The van der Waals surface area contributed by atoms with Crippen LogP contribution in [0.1, 0.15) is 25.3 Å². The molecule has 0 unspecified atom stereocenters. The van der Waals surface area contributed by atoms with E-state index >= 15 is 0 Å². The number of carbonyl (C=O) groups excluding carboxylic acids is 1. The van der Waals surface area contributed by atoms with Crippen LogP contribution in [0.3, 0.4) is 0 Å². The van der Waals surface area contributed by atoms with Crippen LogP contribution in [0, 0.1) is 0 Å². The summed E-state index contributed by atoms with van der Waals surface area (Å²) in [6, 6.07) is 8.16. The van der Waals surface area contributed by atoms with Crippen LogP contribution in [-0.4, -0.2) is 30.6 Å². The number of aromatic nitrogens is 1. The fraction of sp³-hybridized carbons (Fsp3) is 0.438. The zero-order valence-electron chi connectivity index (χ0n) is 11.9. The molecule has 0 aliphatic carbocycles. The van der Waals surface area contributed by atoms with Crippen molar-refractivity contribution in [1.29, 1.82) is 0 Å². The van der Waals surface area contributed by atoms with Gasteiger partial charge >= 0.3 is 0 Å². The van der Waals surface area contributed by atoms with Crippen LogP contribution in [-0.2, 0) is 16.0 Å². The highest BCUT2D eigenvalue weighted by Gasteiger charge is 2.06. The number of fused-ring (bicyclic) bond motifs is 1. The quantitative estimate of drug-likeness (QED) is 0.727. The summed E-state index contributed by atoms with van der Waals surface area (Å²) in [7, 11) is 0. The average Bonchev–Trinajstić information content (AvgIpc) is 2.88. The van der Waals surface area contributed by atoms with Crippen LogP contribution >= 0.6 is 0 Å². The summed E-state index contributed by atoms with van der Waals surface area (Å²) < 4.78 is 5.23. The molecule has 4 heteroatoms. The SMILES string of the molecule is CCOCCCNC(=O)CCc1c[nH]c2ccccc12. The van der Waals surface area contributed by atoms with Crippen LogP contribution in [0.25, 0.3) is 10.9 Å². The first kappa shape index (κ1) is 14.6. The number of para-hydroxylation sites is 1. The number of aromatic amines is 1. The zero-order chi connectivity index (χ0) is 14.2. The van der Waals surface area contributed by atoms with Crippen molar-refractivity contribution in [2.45, 2.75) is 26.2 Å². The van der Waals surface area contributed by atoms with Gasteiger partial charge in [0.05, 0.1) is 0 Å². The van der Waals surface area contributed by atoms with Gasteiger partial charge in [0.25, 0.3) is 0 Å². The monoisotopic (exact) mass is 274 g/mol. The Morgan fingerprint density at radius 3 is 3.05 bits per heavy atom. The molecular formula is C16H22N2O2. The first-order valence-corrected chi connectivity index (χ1v) is 7.20. The fourth-order valence-electron chi connectivity index (χ4n) is 2.22. The molecule has 0 aliphatic heterocycles. The van der Waals surface area contributed by atoms with E-state index in [-0.39, 0.29) is 5.91 Å². The Morgan fingerprint density at radius 1 is 1.35 bits per heavy atom. The van der Waals surface area contributed by atoms with Crippen molar-refractivity contribution in [3.05, 3.63) is 36.0 Å². The molecule has 0 fully saturated rings. The molecule has 1 aromatic carbocycles. The lowest BCUT2D eigenvalue weighted by Crippen LogP contribution is -2.25. The molecule has 108 valence electrons. The molecule has 0 spiro atoms. The van der Waals surface area contributed by atoms with Crippen molar-refractivity contribution in [3.63, 3.8) is 0 Å². The van der Waals surface area contributed by atoms with Crippen LogP contribution in [0.15, 0.2) is 30.5 Å². The summed E-state index contributed by atoms with van der Waals surface area (Å²) in [5.74, 6) is 0.103. The van der Waals surface area contributed by atoms with E-state index in [1.807, 2.05) is 31.3 Å². The summed E-state index contributed by atoms with van der Waals surface area (Å²) in [4.78, 5) is 15.0. The summed E-state index contributed by atoms with van der Waals surface area (Å²) in [5.41, 5.74) is 2.32. The van der Waals surface area contributed by atoms with E-state index in [0.29, 0.717) is 19.6 Å². The molecular weight excluding hydrogens is 252 g/mol. The summed E-state index contributed by atoms with van der Waals surface area (Å²) >= 11 is 0. The second-order valence-corrected chi connectivity index (χ2v) is 4.76. The first-order chi connectivity index (χ1) is 9.81. The summed E-state index contributed by atoms with van der Waals surface area (Å²) in [6.45, 7) is 4.10. The third kappa shape index (κ3) is 4.10. The Morgan fingerprint density at radius 2 is 2.20 bits per heavy atom. The smallest absolute Gasteiger partial charge is 0.220 e. The Bertz CT molecular complexity index is 548. The van der Waals surface area contributed by atoms with E-state index in [4.69, 9.17) is 4.74 Å². The van der Waals surface area contributed by atoms with E-state index in [2.05, 4.69) is 16.4 Å². The fourth-order valence-corrected chi connectivity index (χ4v) is 2.22. The molecule has 1 heterocycles. The lowest BCUT2D eigenvalue weighted by Gasteiger charge is -2.05. The molecule has 2 aromatic rings. The molecule has 0 saturated carbocycles. The van der Waals surface area contributed by atoms with Gasteiger partial charge in [-0.25, -0.2) is 0 Å². The average molecular weight is 274 g/mol. The number of hydrogen-bond donors (Lipinski definition) is 2. The second-order valence-electron chi connectivity index (χ2n) is 4.76. The maximum atomic E-state index is 11.7. The van der Waals surface area contributed by atoms with E-state index in [9.17, 15) is 4.79 Å². The highest BCUT2D eigenvalue weighted by molar-refractivity contribution is 5.84. The number of carbonyl (C=O) groups is 1. The van der Waals surface area contributed by atoms with Crippen molar-refractivity contribution in [1.82, 2.24) is 10.3 Å².